The Labute approximate surface area is 188 Å². The molecule has 0 heterocycles. The Morgan fingerprint density at radius 3 is 2.40 bits per heavy atom. The van der Waals surface area contributed by atoms with Gasteiger partial charge in [-0.3, -0.25) is 9.59 Å². The van der Waals surface area contributed by atoms with Gasteiger partial charge in [0.05, 0.1) is 0 Å². The molecule has 0 spiro atoms. The van der Waals surface area contributed by atoms with Crippen molar-refractivity contribution in [3.8, 4) is 0 Å². The van der Waals surface area contributed by atoms with Crippen molar-refractivity contribution in [3.63, 3.8) is 0 Å². The van der Waals surface area contributed by atoms with Gasteiger partial charge in [0.1, 0.15) is 11.9 Å². The van der Waals surface area contributed by atoms with Gasteiger partial charge in [-0.2, -0.15) is 0 Å². The molecule has 1 N–H and O–H groups in total. The fraction of sp³-hybridized carbons (Fsp3) is 0.417. The van der Waals surface area contributed by atoms with Crippen LogP contribution in [-0.2, 0) is 16.1 Å². The van der Waals surface area contributed by atoms with Crippen LogP contribution in [0.1, 0.15) is 49.8 Å². The second-order valence-corrected chi connectivity index (χ2v) is 8.62. The number of benzene rings is 2. The highest BCUT2D eigenvalue weighted by Gasteiger charge is 2.34. The molecule has 2 aromatic carbocycles. The fourth-order valence-corrected chi connectivity index (χ4v) is 4.51. The minimum absolute atomic E-state index is 0.0981. The topological polar surface area (TPSA) is 49.4 Å². The number of amides is 2. The van der Waals surface area contributed by atoms with Crippen LogP contribution in [0.5, 0.6) is 0 Å². The summed E-state index contributed by atoms with van der Waals surface area (Å²) in [5, 5.41) is 3.66. The molecule has 1 aliphatic rings. The van der Waals surface area contributed by atoms with E-state index in [0.717, 1.165) is 24.8 Å². The van der Waals surface area contributed by atoms with Crippen molar-refractivity contribution < 1.29 is 9.59 Å². The molecule has 2 aromatic rings. The molecule has 0 aliphatic heterocycles. The predicted molar refractivity (Wildman–Crippen MR) is 121 cm³/mol. The van der Waals surface area contributed by atoms with E-state index in [1.165, 1.54) is 11.3 Å². The van der Waals surface area contributed by atoms with E-state index in [2.05, 4.69) is 12.2 Å². The molecule has 30 heavy (non-hydrogen) atoms. The third kappa shape index (κ3) is 5.55. The van der Waals surface area contributed by atoms with Gasteiger partial charge in [0.15, 0.2) is 0 Å². The molecule has 6 heteroatoms. The van der Waals surface area contributed by atoms with Gasteiger partial charge in [0, 0.05) is 23.2 Å². The number of nitrogens with zero attached hydrogens (tertiary/aromatic N) is 1. The lowest BCUT2D eigenvalue weighted by Gasteiger charge is -2.35. The number of alkyl halides is 1. The molecule has 3 unspecified atom stereocenters. The van der Waals surface area contributed by atoms with Crippen LogP contribution in [0, 0.1) is 5.92 Å². The standard InChI is InChI=1S/C24H28Cl2N2O2/c1-17-9-5-8-14-21(17)27-24(30)23(19-12-6-7-13-20(19)26)28(22(29)15-25)16-18-10-3-2-4-11-18/h2-4,6-7,10-13,17,21,23H,5,8-9,14-16H2,1H3,(H,27,30). The van der Waals surface area contributed by atoms with Crippen molar-refractivity contribution in [2.75, 3.05) is 5.88 Å². The van der Waals surface area contributed by atoms with Gasteiger partial charge in [-0.1, -0.05) is 79.9 Å². The van der Waals surface area contributed by atoms with Crippen molar-refractivity contribution in [1.82, 2.24) is 10.2 Å². The van der Waals surface area contributed by atoms with E-state index in [0.29, 0.717) is 16.5 Å². The molecule has 1 fully saturated rings. The first-order valence-electron chi connectivity index (χ1n) is 10.5. The summed E-state index contributed by atoms with van der Waals surface area (Å²) in [5.41, 5.74) is 1.53. The predicted octanol–water partition coefficient (Wildman–Crippen LogP) is 5.34. The summed E-state index contributed by atoms with van der Waals surface area (Å²) >= 11 is 12.4. The Hall–Kier alpha value is -2.04. The summed E-state index contributed by atoms with van der Waals surface area (Å²) in [6.45, 7) is 2.44. The van der Waals surface area contributed by atoms with Gasteiger partial charge in [-0.05, 0) is 30.4 Å². The molecule has 0 saturated heterocycles. The number of carbonyl (C=O) groups excluding carboxylic acids is 2. The molecule has 0 aromatic heterocycles. The average Bonchev–Trinajstić information content (AvgIpc) is 2.76. The zero-order chi connectivity index (χ0) is 21.5. The quantitative estimate of drug-likeness (QED) is 0.583. The highest BCUT2D eigenvalue weighted by Crippen LogP contribution is 2.31. The number of halogens is 2. The third-order valence-corrected chi connectivity index (χ3v) is 6.40. The first kappa shape index (κ1) is 22.6. The number of nitrogens with one attached hydrogen (secondary N) is 1. The largest absolute Gasteiger partial charge is 0.351 e. The molecule has 3 rings (SSSR count). The van der Waals surface area contributed by atoms with Crippen molar-refractivity contribution in [1.29, 1.82) is 0 Å². The minimum atomic E-state index is -0.848. The van der Waals surface area contributed by atoms with Gasteiger partial charge in [0.25, 0.3) is 0 Å². The van der Waals surface area contributed by atoms with Crippen molar-refractivity contribution in [2.45, 2.75) is 51.2 Å². The van der Waals surface area contributed by atoms with Crippen LogP contribution in [0.2, 0.25) is 5.02 Å². The van der Waals surface area contributed by atoms with Gasteiger partial charge >= 0.3 is 0 Å². The number of rotatable bonds is 7. The molecule has 1 saturated carbocycles. The third-order valence-electron chi connectivity index (χ3n) is 5.83. The maximum atomic E-state index is 13.6. The molecular formula is C24H28Cl2N2O2. The summed E-state index contributed by atoms with van der Waals surface area (Å²) in [5.74, 6) is -0.324. The molecule has 0 bridgehead atoms. The molecule has 4 nitrogen and oxygen atoms in total. The highest BCUT2D eigenvalue weighted by molar-refractivity contribution is 6.31. The Morgan fingerprint density at radius 1 is 1.07 bits per heavy atom. The second kappa shape index (κ2) is 10.8. The molecule has 160 valence electrons. The van der Waals surface area contributed by atoms with Crippen molar-refractivity contribution >= 4 is 35.0 Å². The maximum absolute atomic E-state index is 13.6. The van der Waals surface area contributed by atoms with Crippen molar-refractivity contribution in [2.24, 2.45) is 5.92 Å². The summed E-state index contributed by atoms with van der Waals surface area (Å²) < 4.78 is 0. The Kier molecular flexibility index (Phi) is 8.17. The zero-order valence-corrected chi connectivity index (χ0v) is 18.7. The average molecular weight is 447 g/mol. The van der Waals surface area contributed by atoms with Gasteiger partial charge in [-0.25, -0.2) is 0 Å². The summed E-state index contributed by atoms with van der Waals surface area (Å²) in [6, 6.07) is 16.0. The maximum Gasteiger partial charge on any atom is 0.247 e. The lowest BCUT2D eigenvalue weighted by molar-refractivity contribution is -0.140. The van der Waals surface area contributed by atoms with E-state index < -0.39 is 6.04 Å². The van der Waals surface area contributed by atoms with Crippen LogP contribution in [0.3, 0.4) is 0 Å². The van der Waals surface area contributed by atoms with E-state index in [1.807, 2.05) is 42.5 Å². The Morgan fingerprint density at radius 2 is 1.73 bits per heavy atom. The van der Waals surface area contributed by atoms with E-state index in [4.69, 9.17) is 23.2 Å². The smallest absolute Gasteiger partial charge is 0.247 e. The SMILES string of the molecule is CC1CCCCC1NC(=O)C(c1ccccc1Cl)N(Cc1ccccc1)C(=O)CCl. The molecular weight excluding hydrogens is 419 g/mol. The van der Waals surface area contributed by atoms with Gasteiger partial charge < -0.3 is 10.2 Å². The number of hydrogen-bond acceptors (Lipinski definition) is 2. The highest BCUT2D eigenvalue weighted by atomic mass is 35.5. The van der Waals surface area contributed by atoms with Gasteiger partial charge in [0.2, 0.25) is 11.8 Å². The molecule has 0 radical (unpaired) electrons. The van der Waals surface area contributed by atoms with Crippen LogP contribution in [0.25, 0.3) is 0 Å². The van der Waals surface area contributed by atoms with Crippen LogP contribution >= 0.6 is 23.2 Å². The molecule has 1 aliphatic carbocycles. The Balaban J connectivity index is 1.96. The van der Waals surface area contributed by atoms with Crippen LogP contribution < -0.4 is 5.32 Å². The van der Waals surface area contributed by atoms with E-state index in [1.54, 1.807) is 12.1 Å². The lowest BCUT2D eigenvalue weighted by atomic mass is 9.85. The molecule has 3 atom stereocenters. The zero-order valence-electron chi connectivity index (χ0n) is 17.2. The first-order chi connectivity index (χ1) is 14.5. The van der Waals surface area contributed by atoms with E-state index >= 15 is 0 Å². The number of carbonyl (C=O) groups is 2. The lowest BCUT2D eigenvalue weighted by Crippen LogP contribution is -2.49. The van der Waals surface area contributed by atoms with Crippen LogP contribution in [0.15, 0.2) is 54.6 Å². The Bertz CT molecular complexity index is 859. The summed E-state index contributed by atoms with van der Waals surface area (Å²) in [6.07, 6.45) is 4.33. The minimum Gasteiger partial charge on any atom is -0.351 e. The monoisotopic (exact) mass is 446 g/mol. The van der Waals surface area contributed by atoms with E-state index in [9.17, 15) is 9.59 Å². The summed E-state index contributed by atoms with van der Waals surface area (Å²) in [7, 11) is 0. The fourth-order valence-electron chi connectivity index (χ4n) is 4.12. The molecule has 2 amide bonds. The van der Waals surface area contributed by atoms with E-state index in [-0.39, 0.29) is 30.3 Å². The summed E-state index contributed by atoms with van der Waals surface area (Å²) in [4.78, 5) is 28.0. The first-order valence-corrected chi connectivity index (χ1v) is 11.4. The van der Waals surface area contributed by atoms with Crippen molar-refractivity contribution in [3.05, 3.63) is 70.7 Å². The second-order valence-electron chi connectivity index (χ2n) is 7.94. The normalized spacial score (nSPS) is 19.7. The van der Waals surface area contributed by atoms with Crippen LogP contribution in [0.4, 0.5) is 0 Å². The number of hydrogen-bond donors (Lipinski definition) is 1. The van der Waals surface area contributed by atoms with Crippen LogP contribution in [-0.4, -0.2) is 28.6 Å². The van der Waals surface area contributed by atoms with Gasteiger partial charge in [-0.15, -0.1) is 11.6 Å².